The average Bonchev–Trinajstić information content (AvgIpc) is 1.98. The van der Waals surface area contributed by atoms with E-state index < -0.39 is 0 Å². The summed E-state index contributed by atoms with van der Waals surface area (Å²) in [6.07, 6.45) is 1.10. The van der Waals surface area contributed by atoms with Crippen LogP contribution in [0.25, 0.3) is 0 Å². The molecular weight excluding hydrogens is 164 g/mol. The highest BCUT2D eigenvalue weighted by molar-refractivity contribution is 5.73. The summed E-state index contributed by atoms with van der Waals surface area (Å²) < 4.78 is 0. The summed E-state index contributed by atoms with van der Waals surface area (Å²) in [5.74, 6) is 0.761. The fraction of sp³-hybridized carbons (Fsp3) is 0.900. The average molecular weight is 184 g/mol. The van der Waals surface area contributed by atoms with Gasteiger partial charge in [-0.1, -0.05) is 6.92 Å². The van der Waals surface area contributed by atoms with Crippen LogP contribution in [0.5, 0.6) is 0 Å². The molecule has 1 saturated heterocycles. The maximum atomic E-state index is 10.9. The SMILES string of the molecule is CC(=O)NC1CC(C)CN(C)C1C. The van der Waals surface area contributed by atoms with Crippen molar-refractivity contribution < 1.29 is 4.79 Å². The van der Waals surface area contributed by atoms with Crippen molar-refractivity contribution in [1.29, 1.82) is 0 Å². The minimum atomic E-state index is 0.0827. The second-order valence-electron chi connectivity index (χ2n) is 4.33. The number of piperidine rings is 1. The van der Waals surface area contributed by atoms with Gasteiger partial charge in [-0.2, -0.15) is 0 Å². The maximum absolute atomic E-state index is 10.9. The Balaban J connectivity index is 2.55. The first-order chi connectivity index (χ1) is 6.00. The van der Waals surface area contributed by atoms with Gasteiger partial charge >= 0.3 is 0 Å². The van der Waals surface area contributed by atoms with Crippen LogP contribution in [0.3, 0.4) is 0 Å². The lowest BCUT2D eigenvalue weighted by atomic mass is 9.91. The van der Waals surface area contributed by atoms with Crippen molar-refractivity contribution in [3.63, 3.8) is 0 Å². The molecule has 1 aliphatic heterocycles. The van der Waals surface area contributed by atoms with Crippen molar-refractivity contribution in [3.8, 4) is 0 Å². The summed E-state index contributed by atoms with van der Waals surface area (Å²) in [4.78, 5) is 13.3. The third kappa shape index (κ3) is 2.69. The van der Waals surface area contributed by atoms with Crippen molar-refractivity contribution in [2.75, 3.05) is 13.6 Å². The lowest BCUT2D eigenvalue weighted by molar-refractivity contribution is -0.120. The second kappa shape index (κ2) is 4.09. The predicted molar refractivity (Wildman–Crippen MR) is 53.5 cm³/mol. The molecule has 1 aliphatic rings. The van der Waals surface area contributed by atoms with Gasteiger partial charge in [0.25, 0.3) is 0 Å². The fourth-order valence-electron chi connectivity index (χ4n) is 2.11. The molecule has 3 unspecified atom stereocenters. The molecule has 1 heterocycles. The Hall–Kier alpha value is -0.570. The summed E-state index contributed by atoms with van der Waals surface area (Å²) in [5, 5.41) is 3.01. The number of carbonyl (C=O) groups is 1. The molecule has 0 spiro atoms. The van der Waals surface area contributed by atoms with Crippen LogP contribution in [-0.4, -0.2) is 36.5 Å². The smallest absolute Gasteiger partial charge is 0.217 e. The van der Waals surface area contributed by atoms with E-state index in [9.17, 15) is 4.79 Å². The van der Waals surface area contributed by atoms with Crippen LogP contribution in [0.2, 0.25) is 0 Å². The van der Waals surface area contributed by atoms with Gasteiger partial charge in [0, 0.05) is 25.6 Å². The number of nitrogens with zero attached hydrogens (tertiary/aromatic N) is 1. The molecule has 3 heteroatoms. The number of carbonyl (C=O) groups excluding carboxylic acids is 1. The Labute approximate surface area is 80.5 Å². The molecule has 0 aromatic carbocycles. The molecule has 76 valence electrons. The Bertz CT molecular complexity index is 193. The topological polar surface area (TPSA) is 32.3 Å². The molecule has 13 heavy (non-hydrogen) atoms. The zero-order valence-electron chi connectivity index (χ0n) is 9.00. The normalized spacial score (nSPS) is 35.8. The maximum Gasteiger partial charge on any atom is 0.217 e. The molecule has 1 fully saturated rings. The molecule has 3 atom stereocenters. The van der Waals surface area contributed by atoms with E-state index in [0.29, 0.717) is 18.0 Å². The highest BCUT2D eigenvalue weighted by Gasteiger charge is 2.29. The number of hydrogen-bond donors (Lipinski definition) is 1. The van der Waals surface area contributed by atoms with Gasteiger partial charge in [0.1, 0.15) is 0 Å². The lowest BCUT2D eigenvalue weighted by Gasteiger charge is -2.40. The number of likely N-dealkylation sites (N-methyl/N-ethyl adjacent to an activating group) is 1. The summed E-state index contributed by atoms with van der Waals surface area (Å²) in [6, 6.07) is 0.784. The monoisotopic (exact) mass is 184 g/mol. The van der Waals surface area contributed by atoms with E-state index >= 15 is 0 Å². The Morgan fingerprint density at radius 1 is 1.46 bits per heavy atom. The van der Waals surface area contributed by atoms with Crippen LogP contribution in [0, 0.1) is 5.92 Å². The number of amides is 1. The third-order valence-corrected chi connectivity index (χ3v) is 2.92. The summed E-state index contributed by atoms with van der Waals surface area (Å²) >= 11 is 0. The van der Waals surface area contributed by atoms with E-state index in [1.54, 1.807) is 6.92 Å². The molecule has 1 N–H and O–H groups in total. The molecule has 0 bridgehead atoms. The lowest BCUT2D eigenvalue weighted by Crippen LogP contribution is -2.54. The Kier molecular flexibility index (Phi) is 3.31. The number of nitrogens with one attached hydrogen (secondary N) is 1. The molecule has 1 rings (SSSR count). The molecule has 0 aromatic rings. The fourth-order valence-corrected chi connectivity index (χ4v) is 2.11. The minimum Gasteiger partial charge on any atom is -0.352 e. The van der Waals surface area contributed by atoms with Crippen LogP contribution in [0.15, 0.2) is 0 Å². The van der Waals surface area contributed by atoms with Gasteiger partial charge in [-0.3, -0.25) is 4.79 Å². The molecule has 0 aliphatic carbocycles. The van der Waals surface area contributed by atoms with E-state index in [0.717, 1.165) is 13.0 Å². The summed E-state index contributed by atoms with van der Waals surface area (Å²) in [5.41, 5.74) is 0. The van der Waals surface area contributed by atoms with E-state index in [2.05, 4.69) is 31.1 Å². The van der Waals surface area contributed by atoms with Crippen molar-refractivity contribution in [3.05, 3.63) is 0 Å². The first-order valence-electron chi connectivity index (χ1n) is 4.98. The van der Waals surface area contributed by atoms with Gasteiger partial charge in [-0.25, -0.2) is 0 Å². The van der Waals surface area contributed by atoms with Gasteiger partial charge < -0.3 is 10.2 Å². The molecule has 3 nitrogen and oxygen atoms in total. The summed E-state index contributed by atoms with van der Waals surface area (Å²) in [7, 11) is 2.12. The standard InChI is InChI=1S/C10H20N2O/c1-7-5-10(11-9(3)13)8(2)12(4)6-7/h7-8,10H,5-6H2,1-4H3,(H,11,13). The van der Waals surface area contributed by atoms with Crippen LogP contribution < -0.4 is 5.32 Å². The Morgan fingerprint density at radius 2 is 2.08 bits per heavy atom. The highest BCUT2D eigenvalue weighted by atomic mass is 16.1. The van der Waals surface area contributed by atoms with Crippen LogP contribution in [0.1, 0.15) is 27.2 Å². The quantitative estimate of drug-likeness (QED) is 0.655. The van der Waals surface area contributed by atoms with Crippen LogP contribution >= 0.6 is 0 Å². The van der Waals surface area contributed by atoms with E-state index in [1.807, 2.05) is 0 Å². The van der Waals surface area contributed by atoms with Crippen molar-refractivity contribution in [2.45, 2.75) is 39.3 Å². The molecule has 1 amide bonds. The van der Waals surface area contributed by atoms with Gasteiger partial charge in [0.2, 0.25) is 5.91 Å². The third-order valence-electron chi connectivity index (χ3n) is 2.92. The van der Waals surface area contributed by atoms with Crippen molar-refractivity contribution >= 4 is 5.91 Å². The zero-order valence-corrected chi connectivity index (χ0v) is 9.00. The highest BCUT2D eigenvalue weighted by Crippen LogP contribution is 2.20. The predicted octanol–water partition coefficient (Wildman–Crippen LogP) is 0.851. The largest absolute Gasteiger partial charge is 0.352 e. The number of rotatable bonds is 1. The van der Waals surface area contributed by atoms with Crippen LogP contribution in [-0.2, 0) is 4.79 Å². The number of likely N-dealkylation sites (tertiary alicyclic amines) is 1. The Morgan fingerprint density at radius 3 is 2.62 bits per heavy atom. The van der Waals surface area contributed by atoms with Crippen molar-refractivity contribution in [2.24, 2.45) is 5.92 Å². The van der Waals surface area contributed by atoms with Gasteiger partial charge in [0.05, 0.1) is 0 Å². The molecular formula is C10H20N2O. The van der Waals surface area contributed by atoms with E-state index in [4.69, 9.17) is 0 Å². The first kappa shape index (κ1) is 10.5. The van der Waals surface area contributed by atoms with Gasteiger partial charge in [0.15, 0.2) is 0 Å². The van der Waals surface area contributed by atoms with E-state index in [1.165, 1.54) is 0 Å². The van der Waals surface area contributed by atoms with Gasteiger partial charge in [-0.15, -0.1) is 0 Å². The second-order valence-corrected chi connectivity index (χ2v) is 4.33. The minimum absolute atomic E-state index is 0.0827. The van der Waals surface area contributed by atoms with Gasteiger partial charge in [-0.05, 0) is 26.3 Å². The molecule has 0 radical (unpaired) electrons. The van der Waals surface area contributed by atoms with Crippen LogP contribution in [0.4, 0.5) is 0 Å². The zero-order chi connectivity index (χ0) is 10.0. The molecule has 0 saturated carbocycles. The van der Waals surface area contributed by atoms with E-state index in [-0.39, 0.29) is 5.91 Å². The first-order valence-corrected chi connectivity index (χ1v) is 4.98. The summed E-state index contributed by atoms with van der Waals surface area (Å²) in [6.45, 7) is 7.13. The number of hydrogen-bond acceptors (Lipinski definition) is 2. The molecule has 0 aromatic heterocycles. The van der Waals surface area contributed by atoms with Crippen molar-refractivity contribution in [1.82, 2.24) is 10.2 Å².